The number of amides is 1. The molecule has 5 heteroatoms. The van der Waals surface area contributed by atoms with E-state index in [4.69, 9.17) is 5.73 Å². The van der Waals surface area contributed by atoms with Gasteiger partial charge in [0.05, 0.1) is 12.2 Å². The number of aromatic nitrogens is 2. The molecule has 118 valence electrons. The van der Waals surface area contributed by atoms with Gasteiger partial charge in [0.1, 0.15) is 5.65 Å². The van der Waals surface area contributed by atoms with Gasteiger partial charge in [0, 0.05) is 31.0 Å². The Balaban J connectivity index is 1.86. The van der Waals surface area contributed by atoms with Crippen molar-refractivity contribution >= 4 is 17.2 Å². The number of hydrogen-bond acceptors (Lipinski definition) is 3. The van der Waals surface area contributed by atoms with Crippen LogP contribution >= 0.6 is 0 Å². The largest absolute Gasteiger partial charge is 0.370 e. The van der Waals surface area contributed by atoms with Crippen LogP contribution in [0.5, 0.6) is 0 Å². The molecule has 0 atom stereocenters. The first kappa shape index (κ1) is 15.1. The quantitative estimate of drug-likeness (QED) is 0.761. The lowest BCUT2D eigenvalue weighted by molar-refractivity contribution is -0.117. The van der Waals surface area contributed by atoms with Crippen molar-refractivity contribution in [2.75, 3.05) is 11.4 Å². The van der Waals surface area contributed by atoms with Crippen molar-refractivity contribution in [3.8, 4) is 0 Å². The van der Waals surface area contributed by atoms with Gasteiger partial charge in [-0.15, -0.1) is 0 Å². The SMILES string of the molecule is Cc1cccc(N(CCC(N)=O)Cc2cn3ccccc3n2)c1. The summed E-state index contributed by atoms with van der Waals surface area (Å²) >= 11 is 0. The van der Waals surface area contributed by atoms with Crippen LogP contribution in [0.4, 0.5) is 5.69 Å². The molecule has 0 saturated heterocycles. The molecule has 0 saturated carbocycles. The Bertz CT molecular complexity index is 792. The van der Waals surface area contributed by atoms with Crippen LogP contribution in [0.1, 0.15) is 17.7 Å². The molecule has 0 aliphatic heterocycles. The minimum Gasteiger partial charge on any atom is -0.370 e. The van der Waals surface area contributed by atoms with Crippen LogP contribution in [0.2, 0.25) is 0 Å². The van der Waals surface area contributed by atoms with Gasteiger partial charge in [-0.2, -0.15) is 0 Å². The smallest absolute Gasteiger partial charge is 0.219 e. The monoisotopic (exact) mass is 308 g/mol. The first-order chi connectivity index (χ1) is 11.1. The number of hydrogen-bond donors (Lipinski definition) is 1. The number of carbonyl (C=O) groups excluding carboxylic acids is 1. The zero-order chi connectivity index (χ0) is 16.2. The molecule has 2 aromatic heterocycles. The van der Waals surface area contributed by atoms with E-state index >= 15 is 0 Å². The summed E-state index contributed by atoms with van der Waals surface area (Å²) in [4.78, 5) is 17.9. The molecular weight excluding hydrogens is 288 g/mol. The normalized spacial score (nSPS) is 10.8. The molecule has 0 unspecified atom stereocenters. The molecule has 5 nitrogen and oxygen atoms in total. The average molecular weight is 308 g/mol. The number of anilines is 1. The molecule has 0 aliphatic rings. The molecule has 1 amide bonds. The molecule has 1 aromatic carbocycles. The number of benzene rings is 1. The second-order valence-corrected chi connectivity index (χ2v) is 5.68. The van der Waals surface area contributed by atoms with Crippen LogP contribution in [0, 0.1) is 6.92 Å². The third-order valence-electron chi connectivity index (χ3n) is 3.76. The van der Waals surface area contributed by atoms with E-state index in [9.17, 15) is 4.79 Å². The van der Waals surface area contributed by atoms with Gasteiger partial charge in [-0.25, -0.2) is 4.98 Å². The first-order valence-corrected chi connectivity index (χ1v) is 7.64. The summed E-state index contributed by atoms with van der Waals surface area (Å²) in [5, 5.41) is 0. The maximum atomic E-state index is 11.2. The van der Waals surface area contributed by atoms with Gasteiger partial charge < -0.3 is 15.0 Å². The van der Waals surface area contributed by atoms with Crippen LogP contribution in [0.15, 0.2) is 54.9 Å². The highest BCUT2D eigenvalue weighted by molar-refractivity contribution is 5.74. The highest BCUT2D eigenvalue weighted by Gasteiger charge is 2.11. The molecule has 2 heterocycles. The Kier molecular flexibility index (Phi) is 4.28. The van der Waals surface area contributed by atoms with E-state index in [0.29, 0.717) is 19.5 Å². The third-order valence-corrected chi connectivity index (χ3v) is 3.76. The number of rotatable bonds is 6. The van der Waals surface area contributed by atoms with E-state index < -0.39 is 0 Å². The number of carbonyl (C=O) groups is 1. The van der Waals surface area contributed by atoms with Crippen molar-refractivity contribution in [1.82, 2.24) is 9.38 Å². The molecule has 0 aliphatic carbocycles. The van der Waals surface area contributed by atoms with Crippen molar-refractivity contribution < 1.29 is 4.79 Å². The maximum Gasteiger partial charge on any atom is 0.219 e. The predicted octanol–water partition coefficient (Wildman–Crippen LogP) is 2.52. The highest BCUT2D eigenvalue weighted by Crippen LogP contribution is 2.19. The van der Waals surface area contributed by atoms with Gasteiger partial charge in [0.25, 0.3) is 0 Å². The molecule has 23 heavy (non-hydrogen) atoms. The van der Waals surface area contributed by atoms with Crippen molar-refractivity contribution in [2.45, 2.75) is 19.9 Å². The van der Waals surface area contributed by atoms with Gasteiger partial charge >= 0.3 is 0 Å². The summed E-state index contributed by atoms with van der Waals surface area (Å²) in [5.74, 6) is -0.294. The zero-order valence-electron chi connectivity index (χ0n) is 13.1. The molecule has 0 radical (unpaired) electrons. The lowest BCUT2D eigenvalue weighted by Crippen LogP contribution is -2.27. The van der Waals surface area contributed by atoms with Gasteiger partial charge in [-0.05, 0) is 36.8 Å². The van der Waals surface area contributed by atoms with E-state index in [1.165, 1.54) is 5.56 Å². The Morgan fingerprint density at radius 1 is 1.26 bits per heavy atom. The van der Waals surface area contributed by atoms with Crippen LogP contribution in [-0.4, -0.2) is 21.8 Å². The van der Waals surface area contributed by atoms with E-state index in [-0.39, 0.29) is 5.91 Å². The fraction of sp³-hybridized carbons (Fsp3) is 0.222. The molecule has 3 aromatic rings. The van der Waals surface area contributed by atoms with Crippen molar-refractivity contribution in [1.29, 1.82) is 0 Å². The summed E-state index contributed by atoms with van der Waals surface area (Å²) < 4.78 is 2.00. The van der Waals surface area contributed by atoms with Crippen LogP contribution in [0.25, 0.3) is 5.65 Å². The van der Waals surface area contributed by atoms with Gasteiger partial charge in [0.15, 0.2) is 0 Å². The van der Waals surface area contributed by atoms with E-state index in [1.807, 2.05) is 47.1 Å². The number of nitrogens with two attached hydrogens (primary N) is 1. The Labute approximate surface area is 135 Å². The molecule has 3 rings (SSSR count). The number of primary amides is 1. The Hall–Kier alpha value is -2.82. The number of pyridine rings is 1. The highest BCUT2D eigenvalue weighted by atomic mass is 16.1. The Morgan fingerprint density at radius 3 is 2.87 bits per heavy atom. The molecule has 2 N–H and O–H groups in total. The molecular formula is C18H20N4O. The first-order valence-electron chi connectivity index (χ1n) is 7.64. The number of imidazole rings is 1. The van der Waals surface area contributed by atoms with Gasteiger partial charge in [-0.3, -0.25) is 4.79 Å². The average Bonchev–Trinajstić information content (AvgIpc) is 2.93. The predicted molar refractivity (Wildman–Crippen MR) is 91.2 cm³/mol. The van der Waals surface area contributed by atoms with E-state index in [0.717, 1.165) is 17.0 Å². The standard InChI is InChI=1S/C18H20N4O/c1-14-5-4-6-16(11-14)21(10-8-17(19)23)12-15-13-22-9-3-2-7-18(22)20-15/h2-7,9,11,13H,8,10,12H2,1H3,(H2,19,23). The summed E-state index contributed by atoms with van der Waals surface area (Å²) in [6, 6.07) is 14.2. The number of fused-ring (bicyclic) bond motifs is 1. The van der Waals surface area contributed by atoms with E-state index in [2.05, 4.69) is 28.9 Å². The maximum absolute atomic E-state index is 11.2. The zero-order valence-corrected chi connectivity index (χ0v) is 13.1. The summed E-state index contributed by atoms with van der Waals surface area (Å²) in [5.41, 5.74) is 9.45. The topological polar surface area (TPSA) is 63.6 Å². The van der Waals surface area contributed by atoms with Gasteiger partial charge in [0.2, 0.25) is 5.91 Å². The third kappa shape index (κ3) is 3.69. The second kappa shape index (κ2) is 6.52. The lowest BCUT2D eigenvalue weighted by atomic mass is 10.2. The summed E-state index contributed by atoms with van der Waals surface area (Å²) in [7, 11) is 0. The van der Waals surface area contributed by atoms with Gasteiger partial charge in [-0.1, -0.05) is 18.2 Å². The van der Waals surface area contributed by atoms with Crippen molar-refractivity contribution in [3.05, 3.63) is 66.1 Å². The van der Waals surface area contributed by atoms with Crippen LogP contribution < -0.4 is 10.6 Å². The fourth-order valence-electron chi connectivity index (χ4n) is 2.63. The van der Waals surface area contributed by atoms with Crippen LogP contribution in [-0.2, 0) is 11.3 Å². The van der Waals surface area contributed by atoms with Crippen LogP contribution in [0.3, 0.4) is 0 Å². The summed E-state index contributed by atoms with van der Waals surface area (Å²) in [6.07, 6.45) is 4.32. The second-order valence-electron chi connectivity index (χ2n) is 5.68. The van der Waals surface area contributed by atoms with E-state index in [1.54, 1.807) is 0 Å². The summed E-state index contributed by atoms with van der Waals surface area (Å²) in [6.45, 7) is 3.27. The number of aryl methyl sites for hydroxylation is 1. The fourth-order valence-corrected chi connectivity index (χ4v) is 2.63. The lowest BCUT2D eigenvalue weighted by Gasteiger charge is -2.23. The minimum absolute atomic E-state index is 0.294. The van der Waals surface area contributed by atoms with Crippen molar-refractivity contribution in [3.63, 3.8) is 0 Å². The van der Waals surface area contributed by atoms with Crippen molar-refractivity contribution in [2.24, 2.45) is 5.73 Å². The molecule has 0 bridgehead atoms. The number of nitrogens with zero attached hydrogens (tertiary/aromatic N) is 3. The molecule has 0 fully saturated rings. The molecule has 0 spiro atoms. The minimum atomic E-state index is -0.294. The Morgan fingerprint density at radius 2 is 2.13 bits per heavy atom.